The number of halogens is 2. The monoisotopic (exact) mass is 1180 g/mol. The molecule has 7 rings (SSSR count). The van der Waals surface area contributed by atoms with E-state index in [1.54, 1.807) is 16.8 Å². The van der Waals surface area contributed by atoms with Crippen LogP contribution in [0.5, 0.6) is 11.5 Å². The molecule has 4 N–H and O–H groups in total. The van der Waals surface area contributed by atoms with Gasteiger partial charge in [0.15, 0.2) is 17.3 Å². The predicted molar refractivity (Wildman–Crippen MR) is 322 cm³/mol. The number of ketones is 1. The summed E-state index contributed by atoms with van der Waals surface area (Å²) >= 11 is 11.2. The van der Waals surface area contributed by atoms with Crippen LogP contribution in [0.3, 0.4) is 0 Å². The number of rotatable bonds is 30. The van der Waals surface area contributed by atoms with Crippen molar-refractivity contribution in [1.82, 2.24) is 19.8 Å². The molecule has 6 aromatic rings. The quantitative estimate of drug-likeness (QED) is 0.0189. The Morgan fingerprint density at radius 1 is 0.800 bits per heavy atom. The second kappa shape index (κ2) is 29.7. The van der Waals surface area contributed by atoms with Crippen molar-refractivity contribution in [2.45, 2.75) is 169 Å². The molecule has 434 valence electrons. The lowest BCUT2D eigenvalue weighted by molar-refractivity contribution is -0.138. The molecule has 0 aliphatic heterocycles. The van der Waals surface area contributed by atoms with Crippen LogP contribution in [0.2, 0.25) is 10.0 Å². The fraction of sp³-hybridized carbons (Fsp3) is 0.483. The number of sulfonamides is 1. The van der Waals surface area contributed by atoms with Crippen LogP contribution in [-0.4, -0.2) is 69.1 Å². The Hall–Kier alpha value is -5.95. The lowest BCUT2D eigenvalue weighted by atomic mass is 9.92. The number of aryl methyl sites for hydroxylation is 2. The second-order valence-corrected chi connectivity index (χ2v) is 25.2. The fourth-order valence-corrected chi connectivity index (χ4v) is 11.6. The van der Waals surface area contributed by atoms with Gasteiger partial charge in [-0.15, -0.1) is 5.10 Å². The van der Waals surface area contributed by atoms with Crippen molar-refractivity contribution in [3.63, 3.8) is 0 Å². The maximum Gasteiger partial charge on any atom is 0.337 e. The highest BCUT2D eigenvalue weighted by atomic mass is 35.5. The highest BCUT2D eigenvalue weighted by molar-refractivity contribution is 7.92. The molecule has 0 bridgehead atoms. The van der Waals surface area contributed by atoms with Gasteiger partial charge in [0, 0.05) is 22.1 Å². The highest BCUT2D eigenvalue weighted by Gasteiger charge is 2.53. The third-order valence-electron chi connectivity index (χ3n) is 14.2. The number of ether oxygens (including phenoxy) is 2. The van der Waals surface area contributed by atoms with E-state index in [1.165, 1.54) is 114 Å². The van der Waals surface area contributed by atoms with E-state index in [4.69, 9.17) is 36.9 Å². The average molecular weight is 1180 g/mol. The summed E-state index contributed by atoms with van der Waals surface area (Å²) in [6, 6.07) is 23.5. The van der Waals surface area contributed by atoms with Gasteiger partial charge in [-0.1, -0.05) is 153 Å². The van der Waals surface area contributed by atoms with E-state index in [-0.39, 0.29) is 39.1 Å². The first kappa shape index (κ1) is 63.2. The molecule has 2 aromatic heterocycles. The summed E-state index contributed by atoms with van der Waals surface area (Å²) in [5.74, 6) is -0.238. The largest absolute Gasteiger partial charge is 0.473 e. The Balaban J connectivity index is 0.000000284. The number of fused-ring (bicyclic) bond motifs is 1. The molecule has 1 aliphatic carbocycles. The SMILES string of the molecule is CCCCCCCCCCCCCCCCS(=O)(=O)Nc1ccc(Cl)c(NC(=O)C(Oc2ccc(C(=O)OC)cc2)C(=O)C2(CC)CC2)c1.Cc1ccc(C)c(OS(=O)Nc2ccc(-c3nc4c(Cl)c(C(C)(C)C)[nH]n4n3)cc2)c1. The minimum absolute atomic E-state index is 0.00631. The Morgan fingerprint density at radius 3 is 1.96 bits per heavy atom. The Bertz CT molecular complexity index is 3150. The number of nitrogens with one attached hydrogen (secondary N) is 4. The Kier molecular flexibility index (Phi) is 23.5. The number of carbonyl (C=O) groups excluding carboxylic acids is 3. The van der Waals surface area contributed by atoms with Crippen molar-refractivity contribution >= 4 is 84.9 Å². The number of aromatic amines is 1. The van der Waals surface area contributed by atoms with Crippen molar-refractivity contribution in [3.05, 3.63) is 117 Å². The van der Waals surface area contributed by atoms with Crippen LogP contribution >= 0.6 is 23.2 Å². The molecule has 4 aromatic carbocycles. The first-order valence-electron chi connectivity index (χ1n) is 27.8. The molecule has 0 saturated heterocycles. The summed E-state index contributed by atoms with van der Waals surface area (Å²) < 4.78 is 61.3. The fourth-order valence-electron chi connectivity index (χ4n) is 9.05. The molecule has 80 heavy (non-hydrogen) atoms. The van der Waals surface area contributed by atoms with Crippen LogP contribution in [0.1, 0.15) is 171 Å². The first-order chi connectivity index (χ1) is 38.1. The van der Waals surface area contributed by atoms with Gasteiger partial charge in [-0.2, -0.15) is 8.84 Å². The molecule has 16 nitrogen and oxygen atoms in total. The number of esters is 1. The van der Waals surface area contributed by atoms with Gasteiger partial charge in [0.1, 0.15) is 16.5 Å². The number of hydrogen-bond acceptors (Lipinski definition) is 11. The van der Waals surface area contributed by atoms with Crippen LogP contribution in [0.25, 0.3) is 17.0 Å². The summed E-state index contributed by atoms with van der Waals surface area (Å²) in [6.45, 7) is 14.2. The average Bonchev–Trinajstić information content (AvgIpc) is 4.08. The smallest absolute Gasteiger partial charge is 0.337 e. The van der Waals surface area contributed by atoms with Gasteiger partial charge in [-0.25, -0.2) is 18.2 Å². The maximum atomic E-state index is 13.5. The van der Waals surface area contributed by atoms with Crippen LogP contribution in [-0.2, 0) is 41.0 Å². The molecular formula is C60H79Cl2N7O9S2. The number of Topliss-reactive ketones (excluding diaryl/α,β-unsaturated/α-hetero) is 1. The van der Waals surface area contributed by atoms with E-state index < -0.39 is 44.7 Å². The number of anilines is 3. The van der Waals surface area contributed by atoms with Crippen molar-refractivity contribution < 1.29 is 40.7 Å². The number of aromatic nitrogens is 4. The summed E-state index contributed by atoms with van der Waals surface area (Å²) in [5.41, 5.74) is 4.84. The predicted octanol–water partition coefficient (Wildman–Crippen LogP) is 14.9. The van der Waals surface area contributed by atoms with E-state index in [0.717, 1.165) is 41.6 Å². The number of nitrogens with zero attached hydrogens (tertiary/aromatic N) is 3. The number of hydrogen-bond donors (Lipinski definition) is 4. The van der Waals surface area contributed by atoms with E-state index in [0.29, 0.717) is 59.2 Å². The molecule has 0 radical (unpaired) electrons. The molecule has 1 aliphatic rings. The number of unbranched alkanes of at least 4 members (excludes halogenated alkanes) is 13. The Labute approximate surface area is 485 Å². The zero-order chi connectivity index (χ0) is 58.0. The van der Waals surface area contributed by atoms with Crippen LogP contribution in [0, 0.1) is 19.3 Å². The van der Waals surface area contributed by atoms with Gasteiger partial charge in [-0.3, -0.25) is 24.1 Å². The van der Waals surface area contributed by atoms with E-state index in [2.05, 4.69) is 57.6 Å². The normalized spacial score (nSPS) is 13.6. The molecule has 1 saturated carbocycles. The van der Waals surface area contributed by atoms with Crippen molar-refractivity contribution in [3.8, 4) is 22.9 Å². The molecule has 0 spiro atoms. The molecule has 20 heteroatoms. The van der Waals surface area contributed by atoms with Gasteiger partial charge in [-0.05, 0) is 123 Å². The zero-order valence-electron chi connectivity index (χ0n) is 47.5. The van der Waals surface area contributed by atoms with E-state index in [9.17, 15) is 27.0 Å². The third-order valence-corrected chi connectivity index (χ3v) is 17.0. The van der Waals surface area contributed by atoms with Crippen LogP contribution in [0.4, 0.5) is 17.1 Å². The minimum Gasteiger partial charge on any atom is -0.473 e. The van der Waals surface area contributed by atoms with Gasteiger partial charge >= 0.3 is 17.2 Å². The van der Waals surface area contributed by atoms with Gasteiger partial charge in [0.05, 0.1) is 40.5 Å². The Morgan fingerprint density at radius 2 is 1.40 bits per heavy atom. The van der Waals surface area contributed by atoms with Gasteiger partial charge < -0.3 is 19.0 Å². The summed E-state index contributed by atoms with van der Waals surface area (Å²) in [5, 5.41) is 11.1. The third kappa shape index (κ3) is 18.5. The summed E-state index contributed by atoms with van der Waals surface area (Å²) in [4.78, 5) is 43.5. The maximum absolute atomic E-state index is 13.5. The van der Waals surface area contributed by atoms with E-state index >= 15 is 0 Å². The van der Waals surface area contributed by atoms with Gasteiger partial charge in [0.2, 0.25) is 16.1 Å². The molecule has 1 amide bonds. The molecule has 2 heterocycles. The van der Waals surface area contributed by atoms with Gasteiger partial charge in [0.25, 0.3) is 5.91 Å². The number of benzene rings is 4. The molecule has 2 unspecified atom stereocenters. The summed E-state index contributed by atoms with van der Waals surface area (Å²) in [7, 11) is -2.35. The minimum atomic E-state index is -3.62. The summed E-state index contributed by atoms with van der Waals surface area (Å²) in [6.07, 6.45) is 17.0. The highest BCUT2D eigenvalue weighted by Crippen LogP contribution is 2.50. The molecular weight excluding hydrogens is 1100 g/mol. The number of methoxy groups -OCH3 is 1. The number of amides is 1. The molecule has 1 fully saturated rings. The van der Waals surface area contributed by atoms with Crippen LogP contribution < -0.4 is 23.7 Å². The van der Waals surface area contributed by atoms with E-state index in [1.807, 2.05) is 51.1 Å². The lowest BCUT2D eigenvalue weighted by Gasteiger charge is -2.22. The number of H-pyrrole nitrogens is 1. The standard InChI is InChI=1S/C38H55ClN2O7S.C22H24ClN5O2S/c1-4-6-7-8-9-10-11-12-13-14-15-16-17-18-27-49(45,46)41-30-21-24-32(39)33(28-30)40-36(43)34(35(42)38(5-2)25-26-38)48-31-22-19-29(20-23-31)37(44)47-3;1-13-6-7-14(2)17(12-13)30-31(29)27-16-10-8-15(9-11-16)20-24-21-18(23)19(22(3,4)5)25-28(21)26-20/h19-24,28,34,41H,4-18,25-27H2,1-3H3,(H,40,43);6-12,25,27H,1-5H3. The van der Waals surface area contributed by atoms with Crippen molar-refractivity contribution in [2.75, 3.05) is 27.6 Å². The topological polar surface area (TPSA) is 212 Å². The van der Waals surface area contributed by atoms with Crippen molar-refractivity contribution in [1.29, 1.82) is 0 Å². The molecule has 2 atom stereocenters. The lowest BCUT2D eigenvalue weighted by Crippen LogP contribution is -2.43. The first-order valence-corrected chi connectivity index (χ1v) is 31.3. The second-order valence-electron chi connectivity index (χ2n) is 21.7. The zero-order valence-corrected chi connectivity index (χ0v) is 50.6. The van der Waals surface area contributed by atoms with Crippen LogP contribution in [0.15, 0.2) is 84.9 Å². The van der Waals surface area contributed by atoms with Crippen molar-refractivity contribution in [2.24, 2.45) is 5.41 Å². The number of carbonyl (C=O) groups is 3.